The normalized spacial score (nSPS) is 29.5. The molecule has 0 heterocycles. The number of aryl methyl sites for hydroxylation is 1. The lowest BCUT2D eigenvalue weighted by molar-refractivity contribution is 0.291. The van der Waals surface area contributed by atoms with E-state index >= 15 is 0 Å². The lowest BCUT2D eigenvalue weighted by Crippen LogP contribution is -2.23. The third-order valence-electron chi connectivity index (χ3n) is 13.2. The molecule has 0 aromatic heterocycles. The van der Waals surface area contributed by atoms with Crippen molar-refractivity contribution in [2.45, 2.75) is 147 Å². The maximum Gasteiger partial charge on any atom is -0.00998 e. The summed E-state index contributed by atoms with van der Waals surface area (Å²) in [7, 11) is 0. The molecule has 0 bridgehead atoms. The van der Waals surface area contributed by atoms with Crippen molar-refractivity contribution in [3.8, 4) is 0 Å². The number of hydrogen-bond acceptors (Lipinski definition) is 0. The Kier molecular flexibility index (Phi) is 9.35. The zero-order valence-electron chi connectivity index (χ0n) is 29.8. The standard InChI is InChI=1S/C41H64/c1-20(2)17-35-23(6)22(5)18-36(38(35)21(3)4)27(10)26(9)34-19-37-28(11)31(14)41(33(16)39(37)32(34)15)40-29(12)24(7)25(8)30(40)13/h18,20-21,24-27,29-30,32,34,40H,17,19H2,1-16H3. The van der Waals surface area contributed by atoms with E-state index in [0.29, 0.717) is 41.4 Å². The van der Waals surface area contributed by atoms with Crippen LogP contribution in [0, 0.1) is 76.0 Å². The van der Waals surface area contributed by atoms with E-state index in [0.717, 1.165) is 23.7 Å². The Labute approximate surface area is 255 Å². The molecule has 0 amide bonds. The zero-order chi connectivity index (χ0) is 30.8. The molecule has 1 fully saturated rings. The Bertz CT molecular complexity index is 1260. The van der Waals surface area contributed by atoms with E-state index in [-0.39, 0.29) is 0 Å². The van der Waals surface area contributed by atoms with Crippen molar-refractivity contribution >= 4 is 0 Å². The summed E-state index contributed by atoms with van der Waals surface area (Å²) in [4.78, 5) is 0. The van der Waals surface area contributed by atoms with Crippen LogP contribution < -0.4 is 0 Å². The number of benzene rings is 2. The van der Waals surface area contributed by atoms with Gasteiger partial charge in [0.25, 0.3) is 0 Å². The quantitative estimate of drug-likeness (QED) is 0.318. The van der Waals surface area contributed by atoms with Crippen LogP contribution in [0.4, 0.5) is 0 Å². The van der Waals surface area contributed by atoms with Crippen molar-refractivity contribution in [2.75, 3.05) is 0 Å². The second kappa shape index (κ2) is 11.8. The molecule has 1 saturated carbocycles. The minimum Gasteiger partial charge on any atom is -0.0625 e. The van der Waals surface area contributed by atoms with E-state index in [1.165, 1.54) is 24.0 Å². The largest absolute Gasteiger partial charge is 0.0625 e. The first kappa shape index (κ1) is 32.4. The fourth-order valence-electron chi connectivity index (χ4n) is 9.96. The summed E-state index contributed by atoms with van der Waals surface area (Å²) in [5, 5.41) is 0. The summed E-state index contributed by atoms with van der Waals surface area (Å²) in [6.45, 7) is 39.5. The van der Waals surface area contributed by atoms with E-state index in [1.807, 2.05) is 0 Å². The summed E-state index contributed by atoms with van der Waals surface area (Å²) < 4.78 is 0. The van der Waals surface area contributed by atoms with Crippen molar-refractivity contribution in [3.63, 3.8) is 0 Å². The lowest BCUT2D eigenvalue weighted by atomic mass is 9.71. The Balaban J connectivity index is 1.76. The van der Waals surface area contributed by atoms with Gasteiger partial charge in [-0.05, 0) is 174 Å². The van der Waals surface area contributed by atoms with Gasteiger partial charge in [-0.3, -0.25) is 0 Å². The fourth-order valence-corrected chi connectivity index (χ4v) is 9.96. The first-order valence-corrected chi connectivity index (χ1v) is 17.3. The molecule has 2 aliphatic rings. The van der Waals surface area contributed by atoms with E-state index in [1.54, 1.807) is 50.1 Å². The third-order valence-corrected chi connectivity index (χ3v) is 13.2. The van der Waals surface area contributed by atoms with Gasteiger partial charge in [0.2, 0.25) is 0 Å². The van der Waals surface area contributed by atoms with E-state index in [2.05, 4.69) is 117 Å². The van der Waals surface area contributed by atoms with Gasteiger partial charge in [-0.25, -0.2) is 0 Å². The van der Waals surface area contributed by atoms with Crippen molar-refractivity contribution < 1.29 is 0 Å². The second-order valence-corrected chi connectivity index (χ2v) is 16.0. The second-order valence-electron chi connectivity index (χ2n) is 16.0. The molecular formula is C41H64. The SMILES string of the molecule is Cc1cc(C(C)C(C)C2Cc3c(C)c(C)c(C4C(C)C(C)C(C)C4C)c(C)c3C2C)c(C(C)C)c(CC(C)C)c1C. The molecular weight excluding hydrogens is 492 g/mol. The van der Waals surface area contributed by atoms with Gasteiger partial charge in [0.05, 0.1) is 0 Å². The van der Waals surface area contributed by atoms with Crippen LogP contribution in [0.3, 0.4) is 0 Å². The highest BCUT2D eigenvalue weighted by Crippen LogP contribution is 2.56. The minimum atomic E-state index is 0.553. The number of hydrogen-bond donors (Lipinski definition) is 0. The zero-order valence-corrected chi connectivity index (χ0v) is 29.8. The van der Waals surface area contributed by atoms with Gasteiger partial charge in [0.1, 0.15) is 0 Å². The molecule has 2 aromatic carbocycles. The molecule has 8 atom stereocenters. The molecule has 0 heteroatoms. The van der Waals surface area contributed by atoms with Crippen LogP contribution in [0.15, 0.2) is 6.07 Å². The summed E-state index contributed by atoms with van der Waals surface area (Å²) >= 11 is 0. The van der Waals surface area contributed by atoms with Gasteiger partial charge in [0.15, 0.2) is 0 Å². The molecule has 4 rings (SSSR count). The van der Waals surface area contributed by atoms with Crippen LogP contribution >= 0.6 is 0 Å². The molecule has 0 aliphatic heterocycles. The molecule has 2 aromatic rings. The predicted octanol–water partition coefficient (Wildman–Crippen LogP) is 11.9. The van der Waals surface area contributed by atoms with E-state index in [4.69, 9.17) is 0 Å². The first-order chi connectivity index (χ1) is 19.0. The maximum absolute atomic E-state index is 2.59. The van der Waals surface area contributed by atoms with Crippen LogP contribution in [0.25, 0.3) is 0 Å². The van der Waals surface area contributed by atoms with Crippen molar-refractivity contribution in [1.82, 2.24) is 0 Å². The fraction of sp³-hybridized carbons (Fsp3) is 0.707. The molecule has 228 valence electrons. The van der Waals surface area contributed by atoms with Crippen LogP contribution in [0.2, 0.25) is 0 Å². The third kappa shape index (κ3) is 5.27. The summed E-state index contributed by atoms with van der Waals surface area (Å²) in [6, 6.07) is 2.58. The highest BCUT2D eigenvalue weighted by atomic mass is 14.5. The van der Waals surface area contributed by atoms with Gasteiger partial charge in [0, 0.05) is 0 Å². The summed E-state index contributed by atoms with van der Waals surface area (Å²) in [6.07, 6.45) is 2.44. The highest BCUT2D eigenvalue weighted by molar-refractivity contribution is 5.56. The van der Waals surface area contributed by atoms with Crippen LogP contribution in [-0.2, 0) is 12.8 Å². The van der Waals surface area contributed by atoms with E-state index < -0.39 is 0 Å². The van der Waals surface area contributed by atoms with Crippen LogP contribution in [-0.4, -0.2) is 0 Å². The van der Waals surface area contributed by atoms with Crippen molar-refractivity contribution in [2.24, 2.45) is 41.4 Å². The average Bonchev–Trinajstić information content (AvgIpc) is 3.34. The molecule has 0 nitrogen and oxygen atoms in total. The molecule has 2 aliphatic carbocycles. The molecule has 8 unspecified atom stereocenters. The predicted molar refractivity (Wildman–Crippen MR) is 182 cm³/mol. The van der Waals surface area contributed by atoms with Crippen molar-refractivity contribution in [1.29, 1.82) is 0 Å². The highest BCUT2D eigenvalue weighted by Gasteiger charge is 2.45. The van der Waals surface area contributed by atoms with Gasteiger partial charge in [-0.1, -0.05) is 82.2 Å². The van der Waals surface area contributed by atoms with Gasteiger partial charge in [-0.15, -0.1) is 0 Å². The first-order valence-electron chi connectivity index (χ1n) is 17.3. The molecule has 0 spiro atoms. The van der Waals surface area contributed by atoms with Crippen molar-refractivity contribution in [3.05, 3.63) is 67.3 Å². The van der Waals surface area contributed by atoms with E-state index in [9.17, 15) is 0 Å². The Hall–Kier alpha value is -1.56. The lowest BCUT2D eigenvalue weighted by Gasteiger charge is -2.34. The summed E-state index contributed by atoms with van der Waals surface area (Å²) in [5.41, 5.74) is 18.0. The van der Waals surface area contributed by atoms with Gasteiger partial charge in [-0.2, -0.15) is 0 Å². The minimum absolute atomic E-state index is 0.553. The smallest absolute Gasteiger partial charge is 0.00998 e. The van der Waals surface area contributed by atoms with Gasteiger partial charge >= 0.3 is 0 Å². The van der Waals surface area contributed by atoms with Crippen LogP contribution in [0.5, 0.6) is 0 Å². The maximum atomic E-state index is 2.59. The molecule has 0 saturated heterocycles. The summed E-state index contributed by atoms with van der Waals surface area (Å²) in [5.74, 6) is 7.51. The topological polar surface area (TPSA) is 0 Å². The Morgan fingerprint density at radius 3 is 1.76 bits per heavy atom. The monoisotopic (exact) mass is 557 g/mol. The Morgan fingerprint density at radius 1 is 0.683 bits per heavy atom. The molecule has 0 radical (unpaired) electrons. The van der Waals surface area contributed by atoms with Crippen LogP contribution in [0.1, 0.15) is 161 Å². The molecule has 0 N–H and O–H groups in total. The average molecular weight is 557 g/mol. The molecule has 41 heavy (non-hydrogen) atoms. The number of rotatable bonds is 7. The Morgan fingerprint density at radius 2 is 1.24 bits per heavy atom. The number of fused-ring (bicyclic) bond motifs is 1. The van der Waals surface area contributed by atoms with Gasteiger partial charge < -0.3 is 0 Å².